The predicted octanol–water partition coefficient (Wildman–Crippen LogP) is 4.96. The van der Waals surface area contributed by atoms with Crippen LogP contribution >= 0.6 is 0 Å². The molecule has 0 amide bonds. The molecule has 6 nitrogen and oxygen atoms in total. The van der Waals surface area contributed by atoms with Crippen molar-refractivity contribution >= 4 is 27.8 Å². The van der Waals surface area contributed by atoms with Crippen molar-refractivity contribution < 1.29 is 14.3 Å². The van der Waals surface area contributed by atoms with Gasteiger partial charge in [0.05, 0.1) is 25.3 Å². The highest BCUT2D eigenvalue weighted by Crippen LogP contribution is 2.36. The molecule has 0 fully saturated rings. The second-order valence-electron chi connectivity index (χ2n) is 7.04. The molecule has 0 aliphatic rings. The Morgan fingerprint density at radius 1 is 0.871 bits per heavy atom. The zero-order chi connectivity index (χ0) is 21.4. The quantitative estimate of drug-likeness (QED) is 0.420. The number of carbonyl (C=O) groups is 1. The number of fused-ring (bicyclic) bond motifs is 2. The number of nitrogens with zero attached hydrogens (tertiary/aromatic N) is 3. The van der Waals surface area contributed by atoms with Gasteiger partial charge in [0, 0.05) is 34.9 Å². The summed E-state index contributed by atoms with van der Waals surface area (Å²) in [7, 11) is 3.20. The number of benzene rings is 2. The Labute approximate surface area is 178 Å². The summed E-state index contributed by atoms with van der Waals surface area (Å²) in [4.78, 5) is 22.5. The Kier molecular flexibility index (Phi) is 4.59. The molecule has 0 radical (unpaired) electrons. The lowest BCUT2D eigenvalue weighted by atomic mass is 10.1. The third kappa shape index (κ3) is 3.09. The van der Waals surface area contributed by atoms with Crippen molar-refractivity contribution in [1.29, 1.82) is 0 Å². The summed E-state index contributed by atoms with van der Waals surface area (Å²) in [5, 5.41) is 1.79. The Hall–Kier alpha value is -4.19. The Bertz CT molecular complexity index is 1430. The number of hydrogen-bond donors (Lipinski definition) is 0. The number of ether oxygens (including phenoxy) is 2. The van der Waals surface area contributed by atoms with E-state index in [2.05, 4.69) is 9.97 Å². The molecular weight excluding hydrogens is 390 g/mol. The number of rotatable bonds is 4. The summed E-state index contributed by atoms with van der Waals surface area (Å²) in [6, 6.07) is 18.9. The van der Waals surface area contributed by atoms with Gasteiger partial charge < -0.3 is 9.47 Å². The van der Waals surface area contributed by atoms with E-state index in [0.29, 0.717) is 28.2 Å². The highest BCUT2D eigenvalue weighted by Gasteiger charge is 2.20. The minimum absolute atomic E-state index is 0.181. The largest absolute Gasteiger partial charge is 0.493 e. The molecule has 0 aliphatic heterocycles. The monoisotopic (exact) mass is 409 g/mol. The molecule has 6 heteroatoms. The Balaban J connectivity index is 1.70. The number of para-hydroxylation sites is 1. The van der Waals surface area contributed by atoms with Gasteiger partial charge in [-0.2, -0.15) is 0 Å². The van der Waals surface area contributed by atoms with Crippen LogP contribution in [0.1, 0.15) is 10.4 Å². The molecule has 0 atom stereocenters. The number of pyridine rings is 2. The van der Waals surface area contributed by atoms with Gasteiger partial charge in [-0.05, 0) is 42.0 Å². The topological polar surface area (TPSA) is 66.2 Å². The van der Waals surface area contributed by atoms with Crippen molar-refractivity contribution in [1.82, 2.24) is 14.5 Å². The van der Waals surface area contributed by atoms with Gasteiger partial charge in [-0.1, -0.05) is 24.3 Å². The van der Waals surface area contributed by atoms with Gasteiger partial charge >= 0.3 is 0 Å². The van der Waals surface area contributed by atoms with Gasteiger partial charge in [0.15, 0.2) is 11.5 Å². The summed E-state index contributed by atoms with van der Waals surface area (Å²) >= 11 is 0. The van der Waals surface area contributed by atoms with Crippen molar-refractivity contribution in [2.45, 2.75) is 0 Å². The van der Waals surface area contributed by atoms with Gasteiger partial charge in [0.25, 0.3) is 5.91 Å². The van der Waals surface area contributed by atoms with Crippen molar-refractivity contribution in [2.75, 3.05) is 14.2 Å². The molecule has 0 spiro atoms. The molecule has 31 heavy (non-hydrogen) atoms. The first-order valence-electron chi connectivity index (χ1n) is 9.78. The summed E-state index contributed by atoms with van der Waals surface area (Å²) < 4.78 is 12.4. The molecule has 0 bridgehead atoms. The van der Waals surface area contributed by atoms with Crippen LogP contribution in [0.25, 0.3) is 33.1 Å². The molecule has 0 saturated heterocycles. The first-order valence-corrected chi connectivity index (χ1v) is 9.78. The van der Waals surface area contributed by atoms with E-state index in [1.807, 2.05) is 60.8 Å². The molecule has 0 unspecified atom stereocenters. The van der Waals surface area contributed by atoms with Gasteiger partial charge in [-0.15, -0.1) is 0 Å². The van der Waals surface area contributed by atoms with Crippen LogP contribution in [0.15, 0.2) is 79.3 Å². The third-order valence-corrected chi connectivity index (χ3v) is 5.34. The minimum atomic E-state index is -0.181. The maximum atomic E-state index is 13.6. The number of methoxy groups -OCH3 is 2. The highest BCUT2D eigenvalue weighted by molar-refractivity contribution is 6.11. The van der Waals surface area contributed by atoms with Crippen LogP contribution in [-0.4, -0.2) is 34.7 Å². The van der Waals surface area contributed by atoms with E-state index in [1.165, 1.54) is 0 Å². The molecular formula is C25H19N3O3. The van der Waals surface area contributed by atoms with Crippen LogP contribution in [0.3, 0.4) is 0 Å². The summed E-state index contributed by atoms with van der Waals surface area (Å²) in [5.74, 6) is 1.08. The van der Waals surface area contributed by atoms with Gasteiger partial charge in [-0.3, -0.25) is 14.3 Å². The number of carbonyl (C=O) groups excluding carboxylic acids is 1. The van der Waals surface area contributed by atoms with Gasteiger partial charge in [0.1, 0.15) is 5.65 Å². The second kappa shape index (κ2) is 7.57. The lowest BCUT2D eigenvalue weighted by Crippen LogP contribution is -2.12. The van der Waals surface area contributed by atoms with Crippen molar-refractivity contribution in [3.63, 3.8) is 0 Å². The van der Waals surface area contributed by atoms with E-state index in [-0.39, 0.29) is 5.91 Å². The molecule has 5 rings (SSSR count). The zero-order valence-electron chi connectivity index (χ0n) is 17.1. The first kappa shape index (κ1) is 18.8. The number of aromatic nitrogens is 3. The van der Waals surface area contributed by atoms with Crippen LogP contribution in [0.2, 0.25) is 0 Å². The van der Waals surface area contributed by atoms with Gasteiger partial charge in [0.2, 0.25) is 0 Å². The van der Waals surface area contributed by atoms with E-state index in [4.69, 9.17) is 9.47 Å². The van der Waals surface area contributed by atoms with Crippen LogP contribution in [0.5, 0.6) is 11.5 Å². The Morgan fingerprint density at radius 3 is 2.48 bits per heavy atom. The molecule has 0 saturated carbocycles. The van der Waals surface area contributed by atoms with Crippen molar-refractivity contribution in [2.24, 2.45) is 0 Å². The Morgan fingerprint density at radius 2 is 1.65 bits per heavy atom. The molecule has 152 valence electrons. The van der Waals surface area contributed by atoms with Crippen LogP contribution < -0.4 is 9.47 Å². The highest BCUT2D eigenvalue weighted by atomic mass is 16.5. The number of hydrogen-bond acceptors (Lipinski definition) is 5. The lowest BCUT2D eigenvalue weighted by Gasteiger charge is -2.09. The fourth-order valence-electron chi connectivity index (χ4n) is 3.85. The fourth-order valence-corrected chi connectivity index (χ4v) is 3.85. The fraction of sp³-hybridized carbons (Fsp3) is 0.0800. The van der Waals surface area contributed by atoms with E-state index < -0.39 is 0 Å². The summed E-state index contributed by atoms with van der Waals surface area (Å²) in [6.07, 6.45) is 5.20. The van der Waals surface area contributed by atoms with Gasteiger partial charge in [-0.25, -0.2) is 4.98 Å². The van der Waals surface area contributed by atoms with Crippen molar-refractivity contribution in [3.05, 3.63) is 84.8 Å². The van der Waals surface area contributed by atoms with Crippen LogP contribution in [0.4, 0.5) is 0 Å². The molecule has 3 heterocycles. The van der Waals surface area contributed by atoms with E-state index >= 15 is 0 Å². The average Bonchev–Trinajstić information content (AvgIpc) is 3.22. The van der Waals surface area contributed by atoms with Crippen molar-refractivity contribution in [3.8, 4) is 22.6 Å². The van der Waals surface area contributed by atoms with E-state index in [9.17, 15) is 4.79 Å². The smallest absolute Gasteiger partial charge is 0.265 e. The molecule has 2 aromatic carbocycles. The standard InChI is InChI=1S/C25H19N3O3/c1-30-21-11-10-17(14-22(21)31-2)20-15-28(24-18(20)9-5-13-27-24)25(29)19-8-3-6-16-7-4-12-26-23(16)19/h3-15H,1-2H3. The third-order valence-electron chi connectivity index (χ3n) is 5.34. The van der Waals surface area contributed by atoms with E-state index in [1.54, 1.807) is 37.2 Å². The molecule has 0 aliphatic carbocycles. The average molecular weight is 409 g/mol. The maximum Gasteiger partial charge on any atom is 0.265 e. The normalized spacial score (nSPS) is 11.0. The minimum Gasteiger partial charge on any atom is -0.493 e. The predicted molar refractivity (Wildman–Crippen MR) is 120 cm³/mol. The summed E-state index contributed by atoms with van der Waals surface area (Å²) in [6.45, 7) is 0. The summed E-state index contributed by atoms with van der Waals surface area (Å²) in [5.41, 5.74) is 3.56. The molecule has 3 aromatic heterocycles. The molecule has 5 aromatic rings. The first-order chi connectivity index (χ1) is 15.2. The van der Waals surface area contributed by atoms with Crippen LogP contribution in [0, 0.1) is 0 Å². The van der Waals surface area contributed by atoms with E-state index in [0.717, 1.165) is 21.9 Å². The SMILES string of the molecule is COc1ccc(-c2cn(C(=O)c3cccc4cccnc34)c3ncccc23)cc1OC. The lowest BCUT2D eigenvalue weighted by molar-refractivity contribution is 0.0966. The second-order valence-corrected chi connectivity index (χ2v) is 7.04. The maximum absolute atomic E-state index is 13.6. The molecule has 0 N–H and O–H groups in total. The zero-order valence-corrected chi connectivity index (χ0v) is 17.1. The van der Waals surface area contributed by atoms with Crippen LogP contribution in [-0.2, 0) is 0 Å².